The van der Waals surface area contributed by atoms with Crippen LogP contribution in [0.5, 0.6) is 0 Å². The van der Waals surface area contributed by atoms with Gasteiger partial charge in [0, 0.05) is 56.9 Å². The lowest BCUT2D eigenvalue weighted by atomic mass is 9.95. The van der Waals surface area contributed by atoms with E-state index in [9.17, 15) is 4.79 Å². The van der Waals surface area contributed by atoms with Gasteiger partial charge in [-0.3, -0.25) is 14.7 Å². The van der Waals surface area contributed by atoms with E-state index in [4.69, 9.17) is 4.74 Å². The second-order valence-electron chi connectivity index (χ2n) is 7.34. The Morgan fingerprint density at radius 2 is 1.82 bits per heavy atom. The summed E-state index contributed by atoms with van der Waals surface area (Å²) in [4.78, 5) is 29.6. The molecule has 4 heterocycles. The maximum atomic E-state index is 12.6. The zero-order chi connectivity index (χ0) is 19.2. The third kappa shape index (κ3) is 4.82. The summed E-state index contributed by atoms with van der Waals surface area (Å²) >= 11 is 0. The highest BCUT2D eigenvalue weighted by Gasteiger charge is 2.30. The zero-order valence-electron chi connectivity index (χ0n) is 15.9. The van der Waals surface area contributed by atoms with Crippen molar-refractivity contribution in [2.24, 2.45) is 5.92 Å². The highest BCUT2D eigenvalue weighted by molar-refractivity contribution is 5.78. The molecule has 2 atom stereocenters. The minimum absolute atomic E-state index is 0.0691. The van der Waals surface area contributed by atoms with E-state index in [2.05, 4.69) is 30.1 Å². The van der Waals surface area contributed by atoms with Crippen LogP contribution in [0, 0.1) is 5.92 Å². The first-order valence-corrected chi connectivity index (χ1v) is 9.78. The van der Waals surface area contributed by atoms with E-state index in [1.807, 2.05) is 18.2 Å². The summed E-state index contributed by atoms with van der Waals surface area (Å²) in [6, 6.07) is 5.93. The van der Waals surface area contributed by atoms with Crippen molar-refractivity contribution in [2.75, 3.05) is 50.8 Å². The summed E-state index contributed by atoms with van der Waals surface area (Å²) < 4.78 is 5.63. The predicted molar refractivity (Wildman–Crippen MR) is 105 cm³/mol. The van der Waals surface area contributed by atoms with Gasteiger partial charge in [0.25, 0.3) is 0 Å². The molecule has 0 bridgehead atoms. The van der Waals surface area contributed by atoms with Crippen LogP contribution in [0.1, 0.15) is 5.56 Å². The molecule has 2 aliphatic heterocycles. The van der Waals surface area contributed by atoms with Crippen LogP contribution < -0.4 is 10.2 Å². The number of rotatable bonds is 6. The van der Waals surface area contributed by atoms with Crippen molar-refractivity contribution in [3.63, 3.8) is 0 Å². The molecule has 2 aromatic rings. The third-order valence-corrected chi connectivity index (χ3v) is 5.37. The summed E-state index contributed by atoms with van der Waals surface area (Å²) in [6.07, 6.45) is 8.02. The number of hydrogen-bond donors (Lipinski definition) is 1. The molecule has 148 valence electrons. The molecule has 0 unspecified atom stereocenters. The van der Waals surface area contributed by atoms with E-state index in [-0.39, 0.29) is 11.9 Å². The molecule has 2 aromatic heterocycles. The summed E-state index contributed by atoms with van der Waals surface area (Å²) in [6.45, 7) is 5.00. The van der Waals surface area contributed by atoms with E-state index in [0.717, 1.165) is 38.5 Å². The number of nitrogens with one attached hydrogen (secondary N) is 1. The highest BCUT2D eigenvalue weighted by atomic mass is 16.5. The van der Waals surface area contributed by atoms with Crippen LogP contribution in [0.2, 0.25) is 0 Å². The van der Waals surface area contributed by atoms with Gasteiger partial charge in [-0.1, -0.05) is 0 Å². The molecule has 0 saturated carbocycles. The Morgan fingerprint density at radius 1 is 1.07 bits per heavy atom. The number of carbonyl (C=O) groups excluding carboxylic acids is 1. The number of aromatic nitrogens is 3. The summed E-state index contributed by atoms with van der Waals surface area (Å²) in [5.41, 5.74) is 1.23. The number of hydrogen-bond acceptors (Lipinski definition) is 7. The smallest absolute Gasteiger partial charge is 0.234 e. The minimum Gasteiger partial charge on any atom is -0.379 e. The third-order valence-electron chi connectivity index (χ3n) is 5.37. The number of carbonyl (C=O) groups is 1. The lowest BCUT2D eigenvalue weighted by Gasteiger charge is -2.34. The van der Waals surface area contributed by atoms with Gasteiger partial charge in [-0.15, -0.1) is 0 Å². The molecule has 0 spiro atoms. The molecule has 0 aliphatic carbocycles. The molecule has 0 aromatic carbocycles. The molecule has 8 heteroatoms. The minimum atomic E-state index is 0.0691. The first-order valence-electron chi connectivity index (χ1n) is 9.78. The van der Waals surface area contributed by atoms with E-state index in [1.165, 1.54) is 5.56 Å². The van der Waals surface area contributed by atoms with Crippen molar-refractivity contribution in [1.82, 2.24) is 25.2 Å². The maximum Gasteiger partial charge on any atom is 0.234 e. The maximum absolute atomic E-state index is 12.6. The van der Waals surface area contributed by atoms with Crippen LogP contribution in [-0.2, 0) is 16.0 Å². The van der Waals surface area contributed by atoms with Gasteiger partial charge >= 0.3 is 0 Å². The van der Waals surface area contributed by atoms with Crippen molar-refractivity contribution >= 4 is 11.9 Å². The Hall–Kier alpha value is -2.58. The van der Waals surface area contributed by atoms with E-state index in [0.29, 0.717) is 25.7 Å². The molecule has 8 nitrogen and oxygen atoms in total. The van der Waals surface area contributed by atoms with E-state index < -0.39 is 0 Å². The van der Waals surface area contributed by atoms with Gasteiger partial charge in [-0.05, 0) is 30.2 Å². The molecule has 2 saturated heterocycles. The molecule has 0 radical (unpaired) electrons. The Kier molecular flexibility index (Phi) is 6.08. The SMILES string of the molecule is O=C(CN1CCN(c2ncccn2)CC1)N[C@H]1COC[C@H]1Cc1ccncc1. The van der Waals surface area contributed by atoms with Crippen LogP contribution >= 0.6 is 0 Å². The predicted octanol–water partition coefficient (Wildman–Crippen LogP) is 0.368. The zero-order valence-corrected chi connectivity index (χ0v) is 15.9. The Balaban J connectivity index is 1.23. The van der Waals surface area contributed by atoms with E-state index in [1.54, 1.807) is 24.8 Å². The molecule has 28 heavy (non-hydrogen) atoms. The molecular weight excluding hydrogens is 356 g/mol. The van der Waals surface area contributed by atoms with Crippen LogP contribution in [0.15, 0.2) is 43.0 Å². The van der Waals surface area contributed by atoms with Crippen molar-refractivity contribution < 1.29 is 9.53 Å². The number of anilines is 1. The monoisotopic (exact) mass is 382 g/mol. The molecule has 1 amide bonds. The summed E-state index contributed by atoms with van der Waals surface area (Å²) in [7, 11) is 0. The van der Waals surface area contributed by atoms with Crippen molar-refractivity contribution in [3.05, 3.63) is 48.5 Å². The van der Waals surface area contributed by atoms with Gasteiger partial charge < -0.3 is 15.0 Å². The quantitative estimate of drug-likeness (QED) is 0.773. The average Bonchev–Trinajstić information content (AvgIpc) is 3.16. The fraction of sp³-hybridized carbons (Fsp3) is 0.500. The lowest BCUT2D eigenvalue weighted by Crippen LogP contribution is -2.51. The highest BCUT2D eigenvalue weighted by Crippen LogP contribution is 2.19. The average molecular weight is 382 g/mol. The second kappa shape index (κ2) is 9.07. The first kappa shape index (κ1) is 18.8. The fourth-order valence-electron chi connectivity index (χ4n) is 3.80. The first-order chi connectivity index (χ1) is 13.8. The van der Waals surface area contributed by atoms with Crippen LogP contribution in [0.3, 0.4) is 0 Å². The Labute approximate surface area is 164 Å². The van der Waals surface area contributed by atoms with Gasteiger partial charge in [-0.25, -0.2) is 9.97 Å². The Morgan fingerprint density at radius 3 is 2.57 bits per heavy atom. The molecule has 4 rings (SSSR count). The molecule has 1 N–H and O–H groups in total. The Bertz CT molecular complexity index is 752. The van der Waals surface area contributed by atoms with Gasteiger partial charge in [0.05, 0.1) is 25.8 Å². The van der Waals surface area contributed by atoms with Gasteiger partial charge in [0.2, 0.25) is 11.9 Å². The van der Waals surface area contributed by atoms with Gasteiger partial charge in [-0.2, -0.15) is 0 Å². The number of piperazine rings is 1. The largest absolute Gasteiger partial charge is 0.379 e. The number of amides is 1. The van der Waals surface area contributed by atoms with Gasteiger partial charge in [0.1, 0.15) is 0 Å². The van der Waals surface area contributed by atoms with Crippen LogP contribution in [0.4, 0.5) is 5.95 Å². The number of nitrogens with zero attached hydrogens (tertiary/aromatic N) is 5. The standard InChI is InChI=1S/C20H26N6O2/c27-19(13-25-8-10-26(11-9-25)20-22-4-1-5-23-20)24-18-15-28-14-17(18)12-16-2-6-21-7-3-16/h1-7,17-18H,8-15H2,(H,24,27)/t17-,18+/m1/s1. The normalized spacial score (nSPS) is 22.9. The van der Waals surface area contributed by atoms with Gasteiger partial charge in [0.15, 0.2) is 0 Å². The van der Waals surface area contributed by atoms with Crippen LogP contribution in [-0.4, -0.2) is 77.7 Å². The van der Waals surface area contributed by atoms with Crippen molar-refractivity contribution in [2.45, 2.75) is 12.5 Å². The van der Waals surface area contributed by atoms with E-state index >= 15 is 0 Å². The topological polar surface area (TPSA) is 83.5 Å². The molecule has 2 fully saturated rings. The summed E-state index contributed by atoms with van der Waals surface area (Å²) in [5, 5.41) is 3.18. The molecular formula is C20H26N6O2. The fourth-order valence-corrected chi connectivity index (χ4v) is 3.80. The van der Waals surface area contributed by atoms with Crippen LogP contribution in [0.25, 0.3) is 0 Å². The van der Waals surface area contributed by atoms with Crippen molar-refractivity contribution in [1.29, 1.82) is 0 Å². The second-order valence-corrected chi connectivity index (χ2v) is 7.34. The summed E-state index contributed by atoms with van der Waals surface area (Å²) in [5.74, 6) is 1.13. The number of pyridine rings is 1. The lowest BCUT2D eigenvalue weighted by molar-refractivity contribution is -0.123. The molecule has 2 aliphatic rings. The number of ether oxygens (including phenoxy) is 1. The van der Waals surface area contributed by atoms with Crippen molar-refractivity contribution in [3.8, 4) is 0 Å².